The Labute approximate surface area is 91.4 Å². The normalized spacial score (nSPS) is 12.1. The molecule has 14 heavy (non-hydrogen) atoms. The Balaban J connectivity index is 2.71. The maximum Gasteiger partial charge on any atom is 0.176 e. The first-order valence-electron chi connectivity index (χ1n) is 4.34. The highest BCUT2D eigenvalue weighted by Crippen LogP contribution is 2.13. The molecule has 0 aliphatic heterocycles. The van der Waals surface area contributed by atoms with E-state index in [9.17, 15) is 9.59 Å². The molecule has 1 atom stereocenters. The molecule has 0 fully saturated rings. The molecule has 0 saturated carbocycles. The summed E-state index contributed by atoms with van der Waals surface area (Å²) in [5.74, 6) is -0.0306. The van der Waals surface area contributed by atoms with Crippen LogP contribution in [0, 0.1) is 0 Å². The van der Waals surface area contributed by atoms with Crippen LogP contribution in [0.3, 0.4) is 0 Å². The van der Waals surface area contributed by atoms with Crippen molar-refractivity contribution in [1.82, 2.24) is 0 Å². The van der Waals surface area contributed by atoms with Gasteiger partial charge in [-0.25, -0.2) is 0 Å². The number of carbonyl (C=O) groups is 2. The lowest BCUT2D eigenvalue weighted by Gasteiger charge is -2.05. The van der Waals surface area contributed by atoms with Gasteiger partial charge in [0.05, 0.1) is 4.83 Å². The monoisotopic (exact) mass is 254 g/mol. The smallest absolute Gasteiger partial charge is 0.176 e. The second-order valence-electron chi connectivity index (χ2n) is 3.10. The van der Waals surface area contributed by atoms with Crippen LogP contribution in [0.5, 0.6) is 0 Å². The third-order valence-corrected chi connectivity index (χ3v) is 2.55. The van der Waals surface area contributed by atoms with Crippen molar-refractivity contribution in [3.05, 3.63) is 35.9 Å². The van der Waals surface area contributed by atoms with E-state index in [0.29, 0.717) is 5.56 Å². The number of Topliss-reactive ketones (excluding diaryl/α,β-unsaturated/α-hetero) is 2. The van der Waals surface area contributed by atoms with Crippen molar-refractivity contribution >= 4 is 27.5 Å². The Morgan fingerprint density at radius 3 is 2.36 bits per heavy atom. The average molecular weight is 255 g/mol. The SMILES string of the molecule is CC(=O)CC(Br)C(=O)c1ccccc1. The Morgan fingerprint density at radius 1 is 1.29 bits per heavy atom. The number of alkyl halides is 1. The van der Waals surface area contributed by atoms with Gasteiger partial charge in [0.25, 0.3) is 0 Å². The van der Waals surface area contributed by atoms with Gasteiger partial charge in [-0.05, 0) is 6.92 Å². The zero-order valence-corrected chi connectivity index (χ0v) is 9.45. The lowest BCUT2D eigenvalue weighted by molar-refractivity contribution is -0.116. The molecule has 1 rings (SSSR count). The molecule has 0 aliphatic carbocycles. The molecule has 74 valence electrons. The lowest BCUT2D eigenvalue weighted by atomic mass is 10.1. The van der Waals surface area contributed by atoms with E-state index in [-0.39, 0.29) is 18.0 Å². The number of rotatable bonds is 4. The van der Waals surface area contributed by atoms with Crippen LogP contribution >= 0.6 is 15.9 Å². The largest absolute Gasteiger partial charge is 0.300 e. The van der Waals surface area contributed by atoms with Gasteiger partial charge >= 0.3 is 0 Å². The summed E-state index contributed by atoms with van der Waals surface area (Å²) in [6.45, 7) is 1.48. The highest BCUT2D eigenvalue weighted by Gasteiger charge is 2.17. The molecule has 3 heteroatoms. The minimum absolute atomic E-state index is 0.0103. The van der Waals surface area contributed by atoms with Gasteiger partial charge in [-0.2, -0.15) is 0 Å². The first kappa shape index (κ1) is 11.1. The van der Waals surface area contributed by atoms with Crippen molar-refractivity contribution in [2.75, 3.05) is 0 Å². The highest BCUT2D eigenvalue weighted by molar-refractivity contribution is 9.10. The predicted molar refractivity (Wildman–Crippen MR) is 58.8 cm³/mol. The molecule has 0 aromatic heterocycles. The van der Waals surface area contributed by atoms with Crippen LogP contribution in [0.2, 0.25) is 0 Å². The predicted octanol–water partition coefficient (Wildman–Crippen LogP) is 2.61. The van der Waals surface area contributed by atoms with Gasteiger partial charge in [0.15, 0.2) is 5.78 Å². The molecule has 0 aliphatic rings. The van der Waals surface area contributed by atoms with Gasteiger partial charge < -0.3 is 0 Å². The Hall–Kier alpha value is -0.960. The molecule has 1 aromatic rings. The molecular formula is C11H11BrO2. The fourth-order valence-electron chi connectivity index (χ4n) is 1.13. The maximum absolute atomic E-state index is 11.7. The second kappa shape index (κ2) is 5.05. The Bertz CT molecular complexity index is 332. The minimum Gasteiger partial charge on any atom is -0.300 e. The summed E-state index contributed by atoms with van der Waals surface area (Å²) in [7, 11) is 0. The van der Waals surface area contributed by atoms with Crippen molar-refractivity contribution in [2.45, 2.75) is 18.2 Å². The Kier molecular flexibility index (Phi) is 4.01. The van der Waals surface area contributed by atoms with Crippen molar-refractivity contribution in [3.8, 4) is 0 Å². The first-order chi connectivity index (χ1) is 6.61. The van der Waals surface area contributed by atoms with Gasteiger partial charge in [-0.15, -0.1) is 0 Å². The van der Waals surface area contributed by atoms with Crippen molar-refractivity contribution in [1.29, 1.82) is 0 Å². The van der Waals surface area contributed by atoms with E-state index in [0.717, 1.165) is 0 Å². The van der Waals surface area contributed by atoms with E-state index in [2.05, 4.69) is 15.9 Å². The molecule has 2 nitrogen and oxygen atoms in total. The van der Waals surface area contributed by atoms with Crippen LogP contribution < -0.4 is 0 Å². The summed E-state index contributed by atoms with van der Waals surface area (Å²) in [4.78, 5) is 22.1. The van der Waals surface area contributed by atoms with Gasteiger partial charge in [-0.1, -0.05) is 46.3 Å². The number of halogens is 1. The Morgan fingerprint density at radius 2 is 1.86 bits per heavy atom. The fraction of sp³-hybridized carbons (Fsp3) is 0.273. The molecular weight excluding hydrogens is 244 g/mol. The number of hydrogen-bond donors (Lipinski definition) is 0. The summed E-state index contributed by atoms with van der Waals surface area (Å²) >= 11 is 3.21. The zero-order valence-electron chi connectivity index (χ0n) is 7.87. The first-order valence-corrected chi connectivity index (χ1v) is 5.25. The summed E-state index contributed by atoms with van der Waals surface area (Å²) in [5.41, 5.74) is 0.635. The van der Waals surface area contributed by atoms with Crippen molar-refractivity contribution < 1.29 is 9.59 Å². The van der Waals surface area contributed by atoms with Crippen LogP contribution in [0.15, 0.2) is 30.3 Å². The maximum atomic E-state index is 11.7. The zero-order chi connectivity index (χ0) is 10.6. The van der Waals surface area contributed by atoms with Crippen molar-refractivity contribution in [2.24, 2.45) is 0 Å². The van der Waals surface area contributed by atoms with Gasteiger partial charge in [0.1, 0.15) is 5.78 Å². The van der Waals surface area contributed by atoms with E-state index in [1.54, 1.807) is 24.3 Å². The molecule has 0 heterocycles. The number of ketones is 2. The summed E-state index contributed by atoms with van der Waals surface area (Å²) < 4.78 is 0. The van der Waals surface area contributed by atoms with Crippen LogP contribution in [-0.4, -0.2) is 16.4 Å². The molecule has 1 unspecified atom stereocenters. The third kappa shape index (κ3) is 3.07. The highest BCUT2D eigenvalue weighted by atomic mass is 79.9. The quantitative estimate of drug-likeness (QED) is 0.612. The molecule has 0 radical (unpaired) electrons. The summed E-state index contributed by atoms with van der Waals surface area (Å²) in [6.07, 6.45) is 0.244. The summed E-state index contributed by atoms with van der Waals surface area (Å²) in [6, 6.07) is 8.96. The average Bonchev–Trinajstić information content (AvgIpc) is 2.17. The summed E-state index contributed by atoms with van der Waals surface area (Å²) in [5, 5.41) is 0. The van der Waals surface area contributed by atoms with Crippen molar-refractivity contribution in [3.63, 3.8) is 0 Å². The topological polar surface area (TPSA) is 34.1 Å². The number of hydrogen-bond acceptors (Lipinski definition) is 2. The van der Waals surface area contributed by atoms with Crippen LogP contribution in [0.25, 0.3) is 0 Å². The molecule has 0 amide bonds. The number of carbonyl (C=O) groups excluding carboxylic acids is 2. The van der Waals surface area contributed by atoms with Crippen LogP contribution in [0.4, 0.5) is 0 Å². The lowest BCUT2D eigenvalue weighted by Crippen LogP contribution is -2.16. The van der Waals surface area contributed by atoms with E-state index < -0.39 is 4.83 Å². The van der Waals surface area contributed by atoms with E-state index in [4.69, 9.17) is 0 Å². The minimum atomic E-state index is -0.401. The third-order valence-electron chi connectivity index (χ3n) is 1.81. The molecule has 0 saturated heterocycles. The second-order valence-corrected chi connectivity index (χ2v) is 4.21. The van der Waals surface area contributed by atoms with E-state index in [1.807, 2.05) is 6.07 Å². The van der Waals surface area contributed by atoms with Gasteiger partial charge in [0, 0.05) is 12.0 Å². The number of benzene rings is 1. The van der Waals surface area contributed by atoms with Crippen LogP contribution in [-0.2, 0) is 4.79 Å². The molecule has 1 aromatic carbocycles. The van der Waals surface area contributed by atoms with E-state index >= 15 is 0 Å². The molecule has 0 spiro atoms. The van der Waals surface area contributed by atoms with Crippen LogP contribution in [0.1, 0.15) is 23.7 Å². The fourth-order valence-corrected chi connectivity index (χ4v) is 1.85. The van der Waals surface area contributed by atoms with Gasteiger partial charge in [0.2, 0.25) is 0 Å². The molecule has 0 bridgehead atoms. The standard InChI is InChI=1S/C11H11BrO2/c1-8(13)7-10(12)11(14)9-5-3-2-4-6-9/h2-6,10H,7H2,1H3. The molecule has 0 N–H and O–H groups in total. The van der Waals surface area contributed by atoms with E-state index in [1.165, 1.54) is 6.92 Å². The van der Waals surface area contributed by atoms with Gasteiger partial charge in [-0.3, -0.25) is 9.59 Å².